The van der Waals surface area contributed by atoms with E-state index in [0.29, 0.717) is 34.6 Å². The van der Waals surface area contributed by atoms with Crippen LogP contribution in [0.4, 0.5) is 0 Å². The molecule has 1 heterocycles. The second-order valence-electron chi connectivity index (χ2n) is 6.13. The maximum Gasteiger partial charge on any atom is 0.277 e. The lowest BCUT2D eigenvalue weighted by Crippen LogP contribution is -2.24. The van der Waals surface area contributed by atoms with Crippen molar-refractivity contribution in [1.82, 2.24) is 5.43 Å². The molecule has 0 aliphatic rings. The Morgan fingerprint density at radius 2 is 1.90 bits per heavy atom. The van der Waals surface area contributed by atoms with Crippen LogP contribution >= 0.6 is 11.6 Å². The Kier molecular flexibility index (Phi) is 6.92. The molecular weight excluding hydrogens is 392 g/mol. The van der Waals surface area contributed by atoms with E-state index in [0.717, 1.165) is 11.1 Å². The zero-order valence-electron chi connectivity index (χ0n) is 16.1. The topological polar surface area (TPSA) is 73.1 Å². The van der Waals surface area contributed by atoms with Gasteiger partial charge in [0.05, 0.1) is 12.8 Å². The standard InChI is InChI=1S/C22H21ClN2O4/c1-3-27-20-6-4-5-7-21(20)28-14-22(26)25-24-13-17-10-11-19(29-17)16-9-8-15(2)18(23)12-16/h4-13H,3,14H2,1-2H3,(H,25,26). The minimum absolute atomic E-state index is 0.188. The predicted molar refractivity (Wildman–Crippen MR) is 113 cm³/mol. The van der Waals surface area contributed by atoms with Crippen LogP contribution in [0.25, 0.3) is 11.3 Å². The normalized spacial score (nSPS) is 10.9. The molecule has 0 saturated carbocycles. The van der Waals surface area contributed by atoms with Crippen molar-refractivity contribution in [2.24, 2.45) is 5.10 Å². The highest BCUT2D eigenvalue weighted by Gasteiger charge is 2.08. The number of ether oxygens (including phenoxy) is 2. The molecule has 0 saturated heterocycles. The van der Waals surface area contributed by atoms with Crippen molar-refractivity contribution in [2.75, 3.05) is 13.2 Å². The van der Waals surface area contributed by atoms with E-state index >= 15 is 0 Å². The number of aryl methyl sites for hydroxylation is 1. The second-order valence-corrected chi connectivity index (χ2v) is 6.53. The molecule has 7 heteroatoms. The van der Waals surface area contributed by atoms with Crippen molar-refractivity contribution in [3.63, 3.8) is 0 Å². The molecule has 3 rings (SSSR count). The molecule has 150 valence electrons. The lowest BCUT2D eigenvalue weighted by molar-refractivity contribution is -0.123. The summed E-state index contributed by atoms with van der Waals surface area (Å²) in [4.78, 5) is 11.9. The molecule has 0 bridgehead atoms. The van der Waals surface area contributed by atoms with Gasteiger partial charge in [0.25, 0.3) is 5.91 Å². The molecule has 6 nitrogen and oxygen atoms in total. The van der Waals surface area contributed by atoms with Crippen LogP contribution in [0.15, 0.2) is 64.1 Å². The number of hydrazone groups is 1. The Hall–Kier alpha value is -3.25. The van der Waals surface area contributed by atoms with Crippen LogP contribution in [0.3, 0.4) is 0 Å². The van der Waals surface area contributed by atoms with E-state index in [1.54, 1.807) is 18.2 Å². The fourth-order valence-electron chi connectivity index (χ4n) is 2.51. The number of nitrogens with zero attached hydrogens (tertiary/aromatic N) is 1. The molecule has 1 aromatic heterocycles. The number of carbonyl (C=O) groups excluding carboxylic acids is 1. The summed E-state index contributed by atoms with van der Waals surface area (Å²) in [7, 11) is 0. The highest BCUT2D eigenvalue weighted by molar-refractivity contribution is 6.31. The van der Waals surface area contributed by atoms with Gasteiger partial charge in [-0.15, -0.1) is 0 Å². The molecule has 0 spiro atoms. The summed E-state index contributed by atoms with van der Waals surface area (Å²) in [6.45, 7) is 4.14. The first-order valence-corrected chi connectivity index (χ1v) is 9.47. The van der Waals surface area contributed by atoms with Gasteiger partial charge in [0.15, 0.2) is 18.1 Å². The number of benzene rings is 2. The minimum Gasteiger partial charge on any atom is -0.490 e. The lowest BCUT2D eigenvalue weighted by atomic mass is 10.1. The van der Waals surface area contributed by atoms with Crippen molar-refractivity contribution in [1.29, 1.82) is 0 Å². The fraction of sp³-hybridized carbons (Fsp3) is 0.182. The van der Waals surface area contributed by atoms with Gasteiger partial charge in [-0.1, -0.05) is 35.9 Å². The summed E-state index contributed by atoms with van der Waals surface area (Å²) < 4.78 is 16.7. The van der Waals surface area contributed by atoms with Gasteiger partial charge >= 0.3 is 0 Å². The molecule has 0 radical (unpaired) electrons. The van der Waals surface area contributed by atoms with Gasteiger partial charge < -0.3 is 13.9 Å². The Morgan fingerprint density at radius 3 is 2.62 bits per heavy atom. The molecule has 2 aromatic carbocycles. The minimum atomic E-state index is -0.398. The molecule has 0 unspecified atom stereocenters. The van der Waals surface area contributed by atoms with E-state index in [4.69, 9.17) is 25.5 Å². The third-order valence-corrected chi connectivity index (χ3v) is 4.38. The number of furan rings is 1. The number of amides is 1. The summed E-state index contributed by atoms with van der Waals surface area (Å²) >= 11 is 6.16. The van der Waals surface area contributed by atoms with Crippen molar-refractivity contribution in [3.8, 4) is 22.8 Å². The van der Waals surface area contributed by atoms with Crippen molar-refractivity contribution >= 4 is 23.7 Å². The molecule has 0 aliphatic carbocycles. The highest BCUT2D eigenvalue weighted by atomic mass is 35.5. The van der Waals surface area contributed by atoms with Crippen LogP contribution in [-0.4, -0.2) is 25.3 Å². The second kappa shape index (κ2) is 9.80. The van der Waals surface area contributed by atoms with Crippen molar-refractivity contribution in [3.05, 3.63) is 70.9 Å². The van der Waals surface area contributed by atoms with Gasteiger partial charge in [-0.2, -0.15) is 5.10 Å². The van der Waals surface area contributed by atoms with Crippen molar-refractivity contribution in [2.45, 2.75) is 13.8 Å². The molecule has 0 fully saturated rings. The Labute approximate surface area is 174 Å². The average molecular weight is 413 g/mol. The quantitative estimate of drug-likeness (QED) is 0.424. The number of carbonyl (C=O) groups is 1. The van der Waals surface area contributed by atoms with Crippen LogP contribution < -0.4 is 14.9 Å². The molecule has 1 amide bonds. The maximum atomic E-state index is 11.9. The summed E-state index contributed by atoms with van der Waals surface area (Å²) in [6, 6.07) is 16.4. The van der Waals surface area contributed by atoms with Gasteiger partial charge in [-0.25, -0.2) is 5.43 Å². The van der Waals surface area contributed by atoms with Crippen LogP contribution in [0, 0.1) is 6.92 Å². The first-order chi connectivity index (χ1) is 14.1. The highest BCUT2D eigenvalue weighted by Crippen LogP contribution is 2.27. The van der Waals surface area contributed by atoms with Crippen LogP contribution in [-0.2, 0) is 4.79 Å². The predicted octanol–water partition coefficient (Wildman–Crippen LogP) is 4.84. The molecule has 29 heavy (non-hydrogen) atoms. The average Bonchev–Trinajstić information content (AvgIpc) is 3.18. The lowest BCUT2D eigenvalue weighted by Gasteiger charge is -2.10. The van der Waals surface area contributed by atoms with Gasteiger partial charge in [0, 0.05) is 10.6 Å². The zero-order chi connectivity index (χ0) is 20.6. The van der Waals surface area contributed by atoms with E-state index in [-0.39, 0.29) is 6.61 Å². The zero-order valence-corrected chi connectivity index (χ0v) is 16.9. The van der Waals surface area contributed by atoms with Gasteiger partial charge in [0.1, 0.15) is 11.5 Å². The van der Waals surface area contributed by atoms with E-state index in [9.17, 15) is 4.79 Å². The SMILES string of the molecule is CCOc1ccccc1OCC(=O)NN=Cc1ccc(-c2ccc(C)c(Cl)c2)o1. The van der Waals surface area contributed by atoms with Gasteiger partial charge in [-0.05, 0) is 49.7 Å². The molecule has 3 aromatic rings. The van der Waals surface area contributed by atoms with E-state index in [2.05, 4.69) is 10.5 Å². The number of nitrogens with one attached hydrogen (secondary N) is 1. The van der Waals surface area contributed by atoms with Crippen LogP contribution in [0.2, 0.25) is 5.02 Å². The Balaban J connectivity index is 1.53. The van der Waals surface area contributed by atoms with E-state index in [1.807, 2.05) is 50.2 Å². The summed E-state index contributed by atoms with van der Waals surface area (Å²) in [5.74, 6) is 1.85. The van der Waals surface area contributed by atoms with Crippen LogP contribution in [0.5, 0.6) is 11.5 Å². The number of halogens is 1. The van der Waals surface area contributed by atoms with E-state index < -0.39 is 5.91 Å². The van der Waals surface area contributed by atoms with Crippen molar-refractivity contribution < 1.29 is 18.7 Å². The fourth-order valence-corrected chi connectivity index (χ4v) is 2.69. The molecule has 1 N–H and O–H groups in total. The summed E-state index contributed by atoms with van der Waals surface area (Å²) in [6.07, 6.45) is 1.42. The third-order valence-electron chi connectivity index (χ3n) is 3.97. The smallest absolute Gasteiger partial charge is 0.277 e. The number of para-hydroxylation sites is 2. The summed E-state index contributed by atoms with van der Waals surface area (Å²) in [5, 5.41) is 4.57. The van der Waals surface area contributed by atoms with Gasteiger partial charge in [-0.3, -0.25) is 4.79 Å². The van der Waals surface area contributed by atoms with Crippen LogP contribution in [0.1, 0.15) is 18.2 Å². The number of rotatable bonds is 8. The summed E-state index contributed by atoms with van der Waals surface area (Å²) in [5.41, 5.74) is 4.27. The van der Waals surface area contributed by atoms with Gasteiger partial charge in [0.2, 0.25) is 0 Å². The Bertz CT molecular complexity index is 1010. The molecule has 0 aliphatic heterocycles. The molecular formula is C22H21ClN2O4. The maximum absolute atomic E-state index is 11.9. The monoisotopic (exact) mass is 412 g/mol. The first-order valence-electron chi connectivity index (χ1n) is 9.09. The third kappa shape index (κ3) is 5.62. The van der Waals surface area contributed by atoms with E-state index in [1.165, 1.54) is 6.21 Å². The first kappa shape index (κ1) is 20.5. The largest absolute Gasteiger partial charge is 0.490 e. The Morgan fingerprint density at radius 1 is 1.14 bits per heavy atom. The molecule has 0 atom stereocenters. The number of hydrogen-bond donors (Lipinski definition) is 1. The number of hydrogen-bond acceptors (Lipinski definition) is 5.